The molecule has 0 atom stereocenters. The lowest BCUT2D eigenvalue weighted by atomic mass is 10.0. The van der Waals surface area contributed by atoms with Crippen molar-refractivity contribution in [2.24, 2.45) is 0 Å². The predicted octanol–water partition coefficient (Wildman–Crippen LogP) is 5.75. The first-order valence-corrected chi connectivity index (χ1v) is 8.59. The molecule has 2 nitrogen and oxygen atoms in total. The maximum absolute atomic E-state index is 11.2. The van der Waals surface area contributed by atoms with Crippen LogP contribution in [0.1, 0.15) is 69.6 Å². The summed E-state index contributed by atoms with van der Waals surface area (Å²) < 4.78 is 0. The molecule has 3 heteroatoms. The van der Waals surface area contributed by atoms with E-state index in [2.05, 4.69) is 6.92 Å². The summed E-state index contributed by atoms with van der Waals surface area (Å²) in [7, 11) is 0. The highest BCUT2D eigenvalue weighted by atomic mass is 32.1. The lowest BCUT2D eigenvalue weighted by Crippen LogP contribution is -2.00. The van der Waals surface area contributed by atoms with Gasteiger partial charge in [-0.15, -0.1) is 11.3 Å². The van der Waals surface area contributed by atoms with E-state index in [1.54, 1.807) is 11.3 Å². The Morgan fingerprint density at radius 3 is 2.35 bits per heavy atom. The predicted molar refractivity (Wildman–Crippen MR) is 87.2 cm³/mol. The van der Waals surface area contributed by atoms with Crippen LogP contribution in [0.2, 0.25) is 0 Å². The molecular formula is C17H26O2S. The van der Waals surface area contributed by atoms with Crippen molar-refractivity contribution in [1.29, 1.82) is 0 Å². The number of carbonyl (C=O) groups is 1. The highest BCUT2D eigenvalue weighted by Gasteiger charge is 2.07. The van der Waals surface area contributed by atoms with Crippen LogP contribution in [-0.2, 0) is 4.79 Å². The summed E-state index contributed by atoms with van der Waals surface area (Å²) in [5, 5.41) is 11.2. The van der Waals surface area contributed by atoms with Crippen LogP contribution in [0.25, 0.3) is 6.08 Å². The molecule has 1 aromatic rings. The van der Waals surface area contributed by atoms with Gasteiger partial charge in [0.25, 0.3) is 0 Å². The van der Waals surface area contributed by atoms with E-state index in [4.69, 9.17) is 0 Å². The fraction of sp³-hybridized carbons (Fsp3) is 0.588. The van der Waals surface area contributed by atoms with Crippen molar-refractivity contribution in [2.45, 2.75) is 64.7 Å². The highest BCUT2D eigenvalue weighted by molar-refractivity contribution is 7.10. The minimum absolute atomic E-state index is 0.540. The highest BCUT2D eigenvalue weighted by Crippen LogP contribution is 2.18. The van der Waals surface area contributed by atoms with E-state index in [9.17, 15) is 9.90 Å². The van der Waals surface area contributed by atoms with Crippen LogP contribution in [-0.4, -0.2) is 11.1 Å². The van der Waals surface area contributed by atoms with E-state index in [1.165, 1.54) is 38.5 Å². The van der Waals surface area contributed by atoms with Gasteiger partial charge in [-0.2, -0.15) is 0 Å². The number of hydrogen-bond donors (Lipinski definition) is 1. The zero-order valence-corrected chi connectivity index (χ0v) is 13.3. The maximum atomic E-state index is 11.2. The molecule has 0 radical (unpaired) electrons. The Morgan fingerprint density at radius 2 is 1.80 bits per heavy atom. The lowest BCUT2D eigenvalue weighted by Gasteiger charge is -2.03. The van der Waals surface area contributed by atoms with Crippen molar-refractivity contribution in [3.63, 3.8) is 0 Å². The molecule has 0 aliphatic carbocycles. The van der Waals surface area contributed by atoms with E-state index in [-0.39, 0.29) is 0 Å². The van der Waals surface area contributed by atoms with Gasteiger partial charge in [0.2, 0.25) is 0 Å². The number of aliphatic carboxylic acids is 1. The first kappa shape index (κ1) is 17.0. The molecule has 1 heterocycles. The monoisotopic (exact) mass is 294 g/mol. The van der Waals surface area contributed by atoms with Crippen molar-refractivity contribution in [3.8, 4) is 0 Å². The minimum Gasteiger partial charge on any atom is -0.478 e. The molecule has 0 unspecified atom stereocenters. The van der Waals surface area contributed by atoms with Crippen molar-refractivity contribution in [1.82, 2.24) is 0 Å². The van der Waals surface area contributed by atoms with Crippen LogP contribution >= 0.6 is 11.3 Å². The van der Waals surface area contributed by atoms with Crippen molar-refractivity contribution < 1.29 is 9.90 Å². The van der Waals surface area contributed by atoms with Gasteiger partial charge >= 0.3 is 5.97 Å². The average molecular weight is 294 g/mol. The number of thiophene rings is 1. The zero-order chi connectivity index (χ0) is 14.6. The number of hydrogen-bond acceptors (Lipinski definition) is 2. The topological polar surface area (TPSA) is 37.3 Å². The van der Waals surface area contributed by atoms with Crippen molar-refractivity contribution >= 4 is 23.4 Å². The molecule has 0 aliphatic heterocycles. The van der Waals surface area contributed by atoms with E-state index in [1.807, 2.05) is 23.6 Å². The fourth-order valence-corrected chi connectivity index (χ4v) is 2.92. The molecule has 0 saturated carbocycles. The third kappa shape index (κ3) is 7.49. The van der Waals surface area contributed by atoms with Crippen LogP contribution in [0.4, 0.5) is 0 Å². The summed E-state index contributed by atoms with van der Waals surface area (Å²) in [5.74, 6) is -0.777. The molecular weight excluding hydrogens is 268 g/mol. The fourth-order valence-electron chi connectivity index (χ4n) is 2.24. The second-order valence-electron chi connectivity index (χ2n) is 5.22. The Kier molecular flexibility index (Phi) is 9.05. The quantitative estimate of drug-likeness (QED) is 0.417. The first-order valence-electron chi connectivity index (χ1n) is 7.71. The maximum Gasteiger partial charge on any atom is 0.331 e. The van der Waals surface area contributed by atoms with Crippen LogP contribution in [0.3, 0.4) is 0 Å². The third-order valence-electron chi connectivity index (χ3n) is 3.43. The zero-order valence-electron chi connectivity index (χ0n) is 12.4. The number of carboxylic acids is 1. The standard InChI is InChI=1S/C17H26O2S/c1-2-3-4-5-6-7-8-9-11-15(17(18)19)14-16-12-10-13-20-16/h10,12-14H,2-9,11H2,1H3,(H,18,19). The van der Waals surface area contributed by atoms with Crippen molar-refractivity contribution in [2.75, 3.05) is 0 Å². The molecule has 1 aromatic heterocycles. The summed E-state index contributed by atoms with van der Waals surface area (Å²) in [6.07, 6.45) is 12.4. The van der Waals surface area contributed by atoms with Gasteiger partial charge in [-0.25, -0.2) is 4.79 Å². The van der Waals surface area contributed by atoms with E-state index >= 15 is 0 Å². The van der Waals surface area contributed by atoms with Gasteiger partial charge in [-0.3, -0.25) is 0 Å². The van der Waals surface area contributed by atoms with Crippen LogP contribution < -0.4 is 0 Å². The van der Waals surface area contributed by atoms with Crippen LogP contribution in [0, 0.1) is 0 Å². The molecule has 0 bridgehead atoms. The van der Waals surface area contributed by atoms with Gasteiger partial charge in [0.1, 0.15) is 0 Å². The molecule has 0 saturated heterocycles. The normalized spacial score (nSPS) is 11.8. The van der Waals surface area contributed by atoms with Gasteiger partial charge in [0, 0.05) is 10.5 Å². The second kappa shape index (κ2) is 10.7. The molecule has 0 aliphatic rings. The van der Waals surface area contributed by atoms with Crippen molar-refractivity contribution in [3.05, 3.63) is 28.0 Å². The lowest BCUT2D eigenvalue weighted by molar-refractivity contribution is -0.132. The number of carboxylic acid groups (broad SMARTS) is 1. The summed E-state index contributed by atoms with van der Waals surface area (Å²) in [5.41, 5.74) is 0.540. The molecule has 112 valence electrons. The smallest absolute Gasteiger partial charge is 0.331 e. The Hall–Kier alpha value is -1.09. The van der Waals surface area contributed by atoms with E-state index in [0.717, 1.165) is 17.7 Å². The minimum atomic E-state index is -0.777. The molecule has 0 amide bonds. The molecule has 20 heavy (non-hydrogen) atoms. The van der Waals surface area contributed by atoms with Gasteiger partial charge in [-0.05, 0) is 30.4 Å². The molecule has 1 N–H and O–H groups in total. The summed E-state index contributed by atoms with van der Waals surface area (Å²) >= 11 is 1.58. The van der Waals surface area contributed by atoms with E-state index in [0.29, 0.717) is 12.0 Å². The Balaban J connectivity index is 2.19. The third-order valence-corrected chi connectivity index (χ3v) is 4.25. The first-order chi connectivity index (χ1) is 9.74. The average Bonchev–Trinajstić information content (AvgIpc) is 2.93. The molecule has 1 rings (SSSR count). The van der Waals surface area contributed by atoms with Gasteiger partial charge in [0.15, 0.2) is 0 Å². The Labute approximate surface area is 126 Å². The Morgan fingerprint density at radius 1 is 1.15 bits per heavy atom. The van der Waals surface area contributed by atoms with Crippen LogP contribution in [0.15, 0.2) is 23.1 Å². The SMILES string of the molecule is CCCCCCCCCCC(=Cc1cccs1)C(=O)O. The van der Waals surface area contributed by atoms with Crippen LogP contribution in [0.5, 0.6) is 0 Å². The number of unbranched alkanes of at least 4 members (excludes halogenated alkanes) is 7. The summed E-state index contributed by atoms with van der Waals surface area (Å²) in [6, 6.07) is 3.91. The van der Waals surface area contributed by atoms with Gasteiger partial charge in [-0.1, -0.05) is 57.9 Å². The largest absolute Gasteiger partial charge is 0.478 e. The van der Waals surface area contributed by atoms with Gasteiger partial charge in [0.05, 0.1) is 0 Å². The van der Waals surface area contributed by atoms with E-state index < -0.39 is 5.97 Å². The summed E-state index contributed by atoms with van der Waals surface area (Å²) in [4.78, 5) is 12.2. The van der Waals surface area contributed by atoms with Gasteiger partial charge < -0.3 is 5.11 Å². The molecule has 0 aromatic carbocycles. The summed E-state index contributed by atoms with van der Waals surface area (Å²) in [6.45, 7) is 2.23. The molecule has 0 fully saturated rings. The second-order valence-corrected chi connectivity index (χ2v) is 6.19. The number of rotatable bonds is 11. The molecule has 0 spiro atoms. The Bertz CT molecular complexity index is 393.